The molecule has 7 nitrogen and oxygen atoms in total. The zero-order chi connectivity index (χ0) is 22.0. The predicted molar refractivity (Wildman–Crippen MR) is 117 cm³/mol. The number of methoxy groups -OCH3 is 2. The van der Waals surface area contributed by atoms with Crippen LogP contribution in [0, 0.1) is 5.92 Å². The third-order valence-corrected chi connectivity index (χ3v) is 6.23. The fraction of sp³-hybridized carbons (Fsp3) is 0.417. The highest BCUT2D eigenvalue weighted by Crippen LogP contribution is 2.37. The summed E-state index contributed by atoms with van der Waals surface area (Å²) in [5.41, 5.74) is 0.0782. The van der Waals surface area contributed by atoms with E-state index in [9.17, 15) is 9.59 Å². The van der Waals surface area contributed by atoms with E-state index in [1.54, 1.807) is 38.5 Å². The molecule has 0 bridgehead atoms. The van der Waals surface area contributed by atoms with Gasteiger partial charge >= 0.3 is 6.03 Å². The number of urea groups is 1. The Kier molecular flexibility index (Phi) is 5.87. The van der Waals surface area contributed by atoms with Gasteiger partial charge in [0.1, 0.15) is 11.5 Å². The Hall–Kier alpha value is -3.06. The molecule has 2 aliphatic rings. The van der Waals surface area contributed by atoms with Gasteiger partial charge in [0.25, 0.3) is 5.91 Å². The number of benzene rings is 2. The van der Waals surface area contributed by atoms with Gasteiger partial charge < -0.3 is 14.8 Å². The summed E-state index contributed by atoms with van der Waals surface area (Å²) in [5.74, 6) is 1.66. The Morgan fingerprint density at radius 2 is 1.52 bits per heavy atom. The summed E-state index contributed by atoms with van der Waals surface area (Å²) in [6.45, 7) is 4.27. The maximum Gasteiger partial charge on any atom is 0.326 e. The highest BCUT2D eigenvalue weighted by atomic mass is 16.5. The van der Waals surface area contributed by atoms with Gasteiger partial charge in [-0.3, -0.25) is 9.69 Å². The highest BCUT2D eigenvalue weighted by molar-refractivity contribution is 6.09. The van der Waals surface area contributed by atoms with Gasteiger partial charge in [0.2, 0.25) is 0 Å². The van der Waals surface area contributed by atoms with Crippen LogP contribution >= 0.6 is 0 Å². The Morgan fingerprint density at radius 3 is 2.00 bits per heavy atom. The molecule has 7 heteroatoms. The fourth-order valence-corrected chi connectivity index (χ4v) is 4.56. The van der Waals surface area contributed by atoms with Crippen molar-refractivity contribution < 1.29 is 19.1 Å². The van der Waals surface area contributed by atoms with Crippen molar-refractivity contribution in [2.45, 2.75) is 25.3 Å². The number of likely N-dealkylation sites (tertiary alicyclic amines) is 1. The van der Waals surface area contributed by atoms with Crippen molar-refractivity contribution in [3.05, 3.63) is 59.7 Å². The van der Waals surface area contributed by atoms with Gasteiger partial charge in [-0.15, -0.1) is 0 Å². The highest BCUT2D eigenvalue weighted by Gasteiger charge is 2.54. The van der Waals surface area contributed by atoms with Crippen LogP contribution in [0.2, 0.25) is 0 Å². The van der Waals surface area contributed by atoms with Crippen molar-refractivity contribution in [3.8, 4) is 11.5 Å². The molecule has 4 rings (SSSR count). The van der Waals surface area contributed by atoms with Crippen molar-refractivity contribution >= 4 is 11.9 Å². The Balaban J connectivity index is 1.73. The average molecular weight is 424 g/mol. The molecule has 0 saturated carbocycles. The lowest BCUT2D eigenvalue weighted by Crippen LogP contribution is -2.47. The second-order valence-corrected chi connectivity index (χ2v) is 8.34. The van der Waals surface area contributed by atoms with Crippen molar-refractivity contribution in [2.75, 3.05) is 34.0 Å². The van der Waals surface area contributed by atoms with Crippen molar-refractivity contribution in [3.63, 3.8) is 0 Å². The summed E-state index contributed by atoms with van der Waals surface area (Å²) in [7, 11) is 3.19. The van der Waals surface area contributed by atoms with Gasteiger partial charge in [0.05, 0.1) is 20.9 Å². The summed E-state index contributed by atoms with van der Waals surface area (Å²) in [5, 5.41) is 3.00. The van der Waals surface area contributed by atoms with Crippen molar-refractivity contribution in [1.82, 2.24) is 15.1 Å². The van der Waals surface area contributed by atoms with E-state index in [0.29, 0.717) is 35.2 Å². The molecule has 31 heavy (non-hydrogen) atoms. The maximum absolute atomic E-state index is 13.9. The first-order valence-corrected chi connectivity index (χ1v) is 10.6. The average Bonchev–Trinajstić information content (AvgIpc) is 3.05. The van der Waals surface area contributed by atoms with Crippen LogP contribution in [0.25, 0.3) is 0 Å². The number of hydrogen-bond acceptors (Lipinski definition) is 5. The zero-order valence-corrected chi connectivity index (χ0v) is 18.3. The van der Waals surface area contributed by atoms with E-state index >= 15 is 0 Å². The molecule has 3 amide bonds. The predicted octanol–water partition coefficient (Wildman–Crippen LogP) is 3.19. The molecule has 2 fully saturated rings. The molecule has 164 valence electrons. The van der Waals surface area contributed by atoms with Gasteiger partial charge in [0.15, 0.2) is 5.54 Å². The molecule has 1 N–H and O–H groups in total. The van der Waals surface area contributed by atoms with Crippen molar-refractivity contribution in [1.29, 1.82) is 0 Å². The molecule has 2 aromatic carbocycles. The largest absolute Gasteiger partial charge is 0.497 e. The number of imide groups is 1. The molecule has 0 aromatic heterocycles. The number of nitrogens with zero attached hydrogens (tertiary/aromatic N) is 2. The molecule has 0 radical (unpaired) electrons. The number of carbonyl (C=O) groups excluding carboxylic acids is 2. The van der Waals surface area contributed by atoms with E-state index in [-0.39, 0.29) is 11.9 Å². The Labute approximate surface area is 182 Å². The molecule has 0 aliphatic carbocycles. The topological polar surface area (TPSA) is 71.1 Å². The van der Waals surface area contributed by atoms with Crippen LogP contribution in [0.15, 0.2) is 48.5 Å². The summed E-state index contributed by atoms with van der Waals surface area (Å²) >= 11 is 0. The smallest absolute Gasteiger partial charge is 0.326 e. The SMILES string of the molecule is COc1ccc(C2(c3ccc(OC)cc3)NC(=O)N(CN3CCCC(C)C3)C2=O)cc1. The fourth-order valence-electron chi connectivity index (χ4n) is 4.56. The first kappa shape index (κ1) is 21.2. The first-order valence-electron chi connectivity index (χ1n) is 10.6. The first-order chi connectivity index (χ1) is 15.0. The van der Waals surface area contributed by atoms with Crippen LogP contribution in [0.1, 0.15) is 30.9 Å². The minimum atomic E-state index is -1.29. The Morgan fingerprint density at radius 1 is 0.968 bits per heavy atom. The Bertz CT molecular complexity index is 895. The van der Waals surface area contributed by atoms with Crippen molar-refractivity contribution in [2.24, 2.45) is 5.92 Å². The number of carbonyl (C=O) groups is 2. The summed E-state index contributed by atoms with van der Waals surface area (Å²) in [6.07, 6.45) is 2.26. The minimum absolute atomic E-state index is 0.272. The van der Waals surface area contributed by atoms with Crippen LogP contribution in [0.4, 0.5) is 4.79 Å². The van der Waals surface area contributed by atoms with E-state index in [1.165, 1.54) is 11.3 Å². The third-order valence-electron chi connectivity index (χ3n) is 6.23. The van der Waals surface area contributed by atoms with Gasteiger partial charge in [-0.1, -0.05) is 31.2 Å². The quantitative estimate of drug-likeness (QED) is 0.723. The number of piperidine rings is 1. The third kappa shape index (κ3) is 3.85. The van der Waals surface area contributed by atoms with Crippen LogP contribution in [0.5, 0.6) is 11.5 Å². The summed E-state index contributed by atoms with van der Waals surface area (Å²) in [6, 6.07) is 14.1. The van der Waals surface area contributed by atoms with Crippen LogP contribution in [0.3, 0.4) is 0 Å². The second kappa shape index (κ2) is 8.59. The lowest BCUT2D eigenvalue weighted by atomic mass is 9.82. The standard InChI is InChI=1S/C24H29N3O4/c1-17-5-4-14-26(15-17)16-27-22(28)24(25-23(27)29,18-6-10-20(30-2)11-7-18)19-8-12-21(31-3)13-9-19/h6-13,17H,4-5,14-16H2,1-3H3,(H,25,29). The number of hydrogen-bond donors (Lipinski definition) is 1. The number of rotatable bonds is 6. The molecular formula is C24H29N3O4. The molecule has 1 unspecified atom stereocenters. The summed E-state index contributed by atoms with van der Waals surface area (Å²) in [4.78, 5) is 30.4. The van der Waals surface area contributed by atoms with Crippen LogP contribution in [-0.4, -0.2) is 55.7 Å². The lowest BCUT2D eigenvalue weighted by Gasteiger charge is -2.33. The summed E-state index contributed by atoms with van der Waals surface area (Å²) < 4.78 is 10.5. The van der Waals surface area contributed by atoms with E-state index in [0.717, 1.165) is 19.5 Å². The number of nitrogens with one attached hydrogen (secondary N) is 1. The molecule has 2 heterocycles. The lowest BCUT2D eigenvalue weighted by molar-refractivity contribution is -0.132. The van der Waals surface area contributed by atoms with Crippen LogP contribution < -0.4 is 14.8 Å². The van der Waals surface area contributed by atoms with Gasteiger partial charge in [-0.05, 0) is 60.7 Å². The monoisotopic (exact) mass is 423 g/mol. The van der Waals surface area contributed by atoms with E-state index in [4.69, 9.17) is 9.47 Å². The van der Waals surface area contributed by atoms with Crippen LogP contribution in [-0.2, 0) is 10.3 Å². The normalized spacial score (nSPS) is 21.1. The van der Waals surface area contributed by atoms with E-state index in [1.807, 2.05) is 24.3 Å². The van der Waals surface area contributed by atoms with Gasteiger partial charge in [-0.25, -0.2) is 9.69 Å². The molecule has 0 spiro atoms. The molecular weight excluding hydrogens is 394 g/mol. The van der Waals surface area contributed by atoms with E-state index < -0.39 is 5.54 Å². The zero-order valence-electron chi connectivity index (χ0n) is 18.3. The minimum Gasteiger partial charge on any atom is -0.497 e. The molecule has 1 atom stereocenters. The van der Waals surface area contributed by atoms with Gasteiger partial charge in [-0.2, -0.15) is 0 Å². The van der Waals surface area contributed by atoms with Gasteiger partial charge in [0, 0.05) is 6.54 Å². The molecule has 2 aromatic rings. The number of amides is 3. The molecule has 2 saturated heterocycles. The maximum atomic E-state index is 13.9. The number of ether oxygens (including phenoxy) is 2. The van der Waals surface area contributed by atoms with E-state index in [2.05, 4.69) is 17.1 Å². The molecule has 2 aliphatic heterocycles. The second-order valence-electron chi connectivity index (χ2n) is 8.34.